The van der Waals surface area contributed by atoms with Crippen molar-refractivity contribution >= 4 is 19.9 Å². The van der Waals surface area contributed by atoms with E-state index in [-0.39, 0.29) is 6.54 Å². The summed E-state index contributed by atoms with van der Waals surface area (Å²) < 4.78 is 48.9. The quantitative estimate of drug-likeness (QED) is 0.817. The fraction of sp³-hybridized carbons (Fsp3) is 0.571. The van der Waals surface area contributed by atoms with Crippen LogP contribution in [0.1, 0.15) is 26.3 Å². The van der Waals surface area contributed by atoms with E-state index in [1.807, 2.05) is 30.3 Å². The molecule has 1 atom stereocenters. The van der Waals surface area contributed by atoms with Gasteiger partial charge in [-0.2, -0.15) is 0 Å². The molecule has 1 unspecified atom stereocenters. The summed E-state index contributed by atoms with van der Waals surface area (Å²) in [5.74, 6) is 0. The first-order chi connectivity index (χ1) is 9.46. The van der Waals surface area contributed by atoms with Crippen LogP contribution in [-0.2, 0) is 26.3 Å². The zero-order valence-corrected chi connectivity index (χ0v) is 14.5. The van der Waals surface area contributed by atoms with E-state index in [9.17, 15) is 16.8 Å². The molecule has 0 radical (unpaired) electrons. The lowest BCUT2D eigenvalue weighted by Crippen LogP contribution is -2.46. The van der Waals surface area contributed by atoms with Gasteiger partial charge in [0.2, 0.25) is 10.0 Å². The molecule has 120 valence electrons. The SMILES string of the molecule is CC(Cc1ccccc1)S(=O)(=O)NCC(C)(C)S(C)(=O)=O. The maximum atomic E-state index is 12.2. The molecule has 1 aromatic carbocycles. The molecular formula is C14H23NO4S2. The minimum Gasteiger partial charge on any atom is -0.229 e. The largest absolute Gasteiger partial charge is 0.229 e. The molecule has 0 bridgehead atoms. The third-order valence-electron chi connectivity index (χ3n) is 3.60. The van der Waals surface area contributed by atoms with Crippen molar-refractivity contribution < 1.29 is 16.8 Å². The Bertz CT molecular complexity index is 664. The Hall–Kier alpha value is -0.920. The third-order valence-corrected chi connectivity index (χ3v) is 7.52. The van der Waals surface area contributed by atoms with Crippen molar-refractivity contribution in [2.45, 2.75) is 37.2 Å². The Morgan fingerprint density at radius 3 is 2.10 bits per heavy atom. The number of hydrogen-bond acceptors (Lipinski definition) is 4. The Balaban J connectivity index is 2.74. The van der Waals surface area contributed by atoms with Gasteiger partial charge in [0, 0.05) is 12.8 Å². The molecule has 1 N–H and O–H groups in total. The van der Waals surface area contributed by atoms with E-state index in [0.717, 1.165) is 11.8 Å². The zero-order valence-electron chi connectivity index (χ0n) is 12.8. The van der Waals surface area contributed by atoms with Crippen LogP contribution in [0.4, 0.5) is 0 Å². The fourth-order valence-electron chi connectivity index (χ4n) is 1.60. The van der Waals surface area contributed by atoms with Crippen LogP contribution in [0.3, 0.4) is 0 Å². The van der Waals surface area contributed by atoms with Gasteiger partial charge < -0.3 is 0 Å². The summed E-state index contributed by atoms with van der Waals surface area (Å²) in [5, 5.41) is -0.629. The number of nitrogens with one attached hydrogen (secondary N) is 1. The summed E-state index contributed by atoms with van der Waals surface area (Å²) in [5.41, 5.74) is 0.928. The van der Waals surface area contributed by atoms with E-state index < -0.39 is 29.9 Å². The van der Waals surface area contributed by atoms with Crippen LogP contribution < -0.4 is 4.72 Å². The molecule has 7 heteroatoms. The maximum Gasteiger partial charge on any atom is 0.214 e. The molecular weight excluding hydrogens is 310 g/mol. The normalized spacial score (nSPS) is 14.9. The molecule has 5 nitrogen and oxygen atoms in total. The highest BCUT2D eigenvalue weighted by molar-refractivity contribution is 7.92. The highest BCUT2D eigenvalue weighted by Crippen LogP contribution is 2.15. The average molecular weight is 333 g/mol. The third kappa shape index (κ3) is 5.09. The van der Waals surface area contributed by atoms with Crippen molar-refractivity contribution in [1.29, 1.82) is 0 Å². The van der Waals surface area contributed by atoms with Crippen LogP contribution >= 0.6 is 0 Å². The molecule has 0 aliphatic carbocycles. The van der Waals surface area contributed by atoms with E-state index in [4.69, 9.17) is 0 Å². The number of rotatable bonds is 7. The van der Waals surface area contributed by atoms with Gasteiger partial charge in [0.1, 0.15) is 0 Å². The molecule has 0 fully saturated rings. The van der Waals surface area contributed by atoms with Crippen molar-refractivity contribution in [2.24, 2.45) is 0 Å². The standard InChI is InChI=1S/C14H23NO4S2/c1-12(10-13-8-6-5-7-9-13)21(18,19)15-11-14(2,3)20(4,16)17/h5-9,12,15H,10-11H2,1-4H3. The average Bonchev–Trinajstić information content (AvgIpc) is 2.36. The summed E-state index contributed by atoms with van der Waals surface area (Å²) in [4.78, 5) is 0. The van der Waals surface area contributed by atoms with Gasteiger partial charge in [0.15, 0.2) is 9.84 Å². The van der Waals surface area contributed by atoms with Gasteiger partial charge in [0.25, 0.3) is 0 Å². The highest BCUT2D eigenvalue weighted by Gasteiger charge is 2.32. The van der Waals surface area contributed by atoms with E-state index in [2.05, 4.69) is 4.72 Å². The van der Waals surface area contributed by atoms with Crippen molar-refractivity contribution in [1.82, 2.24) is 4.72 Å². The van der Waals surface area contributed by atoms with Crippen LogP contribution in [-0.4, -0.2) is 39.6 Å². The number of hydrogen-bond donors (Lipinski definition) is 1. The topological polar surface area (TPSA) is 80.3 Å². The van der Waals surface area contributed by atoms with Crippen LogP contribution in [0.2, 0.25) is 0 Å². The van der Waals surface area contributed by atoms with E-state index in [1.54, 1.807) is 6.92 Å². The summed E-state index contributed by atoms with van der Waals surface area (Å²) in [6.07, 6.45) is 1.49. The summed E-state index contributed by atoms with van der Waals surface area (Å²) in [6.45, 7) is 4.50. The summed E-state index contributed by atoms with van der Waals surface area (Å²) in [6, 6.07) is 9.32. The Morgan fingerprint density at radius 1 is 1.10 bits per heavy atom. The van der Waals surface area contributed by atoms with Gasteiger partial charge in [-0.3, -0.25) is 0 Å². The van der Waals surface area contributed by atoms with E-state index in [0.29, 0.717) is 6.42 Å². The summed E-state index contributed by atoms with van der Waals surface area (Å²) >= 11 is 0. The first kappa shape index (κ1) is 18.1. The van der Waals surface area contributed by atoms with Crippen LogP contribution in [0.25, 0.3) is 0 Å². The van der Waals surface area contributed by atoms with E-state index in [1.165, 1.54) is 13.8 Å². The van der Waals surface area contributed by atoms with Crippen molar-refractivity contribution in [3.63, 3.8) is 0 Å². The molecule has 0 saturated heterocycles. The highest BCUT2D eigenvalue weighted by atomic mass is 32.2. The Morgan fingerprint density at radius 2 is 1.62 bits per heavy atom. The second kappa shape index (κ2) is 6.46. The molecule has 0 aliphatic heterocycles. The van der Waals surface area contributed by atoms with Crippen molar-refractivity contribution in [3.8, 4) is 0 Å². The maximum absolute atomic E-state index is 12.2. The van der Waals surface area contributed by atoms with Gasteiger partial charge in [-0.15, -0.1) is 0 Å². The smallest absolute Gasteiger partial charge is 0.214 e. The lowest BCUT2D eigenvalue weighted by molar-refractivity contribution is 0.532. The van der Waals surface area contributed by atoms with Crippen LogP contribution in [0, 0.1) is 0 Å². The van der Waals surface area contributed by atoms with Crippen molar-refractivity contribution in [3.05, 3.63) is 35.9 Å². The molecule has 0 saturated carbocycles. The van der Waals surface area contributed by atoms with Gasteiger partial charge in [-0.25, -0.2) is 21.6 Å². The molecule has 0 aromatic heterocycles. The molecule has 0 spiro atoms. The predicted molar refractivity (Wildman–Crippen MR) is 85.5 cm³/mol. The second-order valence-electron chi connectivity index (χ2n) is 5.90. The van der Waals surface area contributed by atoms with Gasteiger partial charge >= 0.3 is 0 Å². The number of benzene rings is 1. The monoisotopic (exact) mass is 333 g/mol. The molecule has 1 rings (SSSR count). The first-order valence-corrected chi connectivity index (χ1v) is 10.1. The Labute approximate surface area is 127 Å². The predicted octanol–water partition coefficient (Wildman–Crippen LogP) is 1.36. The van der Waals surface area contributed by atoms with Crippen LogP contribution in [0.15, 0.2) is 30.3 Å². The van der Waals surface area contributed by atoms with E-state index >= 15 is 0 Å². The summed E-state index contributed by atoms with van der Waals surface area (Å²) in [7, 11) is -6.90. The second-order valence-corrected chi connectivity index (χ2v) is 10.7. The lowest BCUT2D eigenvalue weighted by Gasteiger charge is -2.24. The molecule has 0 aliphatic rings. The zero-order chi connectivity index (χ0) is 16.3. The van der Waals surface area contributed by atoms with Crippen molar-refractivity contribution in [2.75, 3.05) is 12.8 Å². The molecule has 0 heterocycles. The Kier molecular flexibility index (Phi) is 5.57. The lowest BCUT2D eigenvalue weighted by atomic mass is 10.1. The van der Waals surface area contributed by atoms with Gasteiger partial charge in [-0.1, -0.05) is 30.3 Å². The molecule has 0 amide bonds. The van der Waals surface area contributed by atoms with Gasteiger partial charge in [0.05, 0.1) is 10.00 Å². The number of sulfone groups is 1. The minimum atomic E-state index is -3.57. The molecule has 21 heavy (non-hydrogen) atoms. The molecule has 1 aromatic rings. The minimum absolute atomic E-state index is 0.132. The fourth-order valence-corrected chi connectivity index (χ4v) is 3.29. The van der Waals surface area contributed by atoms with Gasteiger partial charge in [-0.05, 0) is 32.8 Å². The first-order valence-electron chi connectivity index (χ1n) is 6.68. The van der Waals surface area contributed by atoms with Crippen LogP contribution in [0.5, 0.6) is 0 Å². The number of sulfonamides is 1.